The maximum Gasteiger partial charge on any atom is 0.338 e. The van der Waals surface area contributed by atoms with Gasteiger partial charge in [-0.15, -0.1) is 0 Å². The average Bonchev–Trinajstić information content (AvgIpc) is 2.74. The van der Waals surface area contributed by atoms with Crippen LogP contribution in [0.3, 0.4) is 0 Å². The molecule has 3 N–H and O–H groups in total. The molecule has 1 atom stereocenters. The normalized spacial score (nSPS) is 17.2. The minimum absolute atomic E-state index is 0.0126. The number of amides is 3. The van der Waals surface area contributed by atoms with Gasteiger partial charge in [0, 0.05) is 13.1 Å². The second kappa shape index (κ2) is 9.23. The van der Waals surface area contributed by atoms with E-state index in [2.05, 4.69) is 16.2 Å². The molecule has 1 aliphatic rings. The summed E-state index contributed by atoms with van der Waals surface area (Å²) in [6, 6.07) is 11.3. The number of benzene rings is 2. The number of anilines is 1. The molecule has 8 nitrogen and oxygen atoms in total. The van der Waals surface area contributed by atoms with Crippen molar-refractivity contribution in [3.05, 3.63) is 59.9 Å². The van der Waals surface area contributed by atoms with Crippen LogP contribution < -0.4 is 16.2 Å². The zero-order valence-corrected chi connectivity index (χ0v) is 17.2. The van der Waals surface area contributed by atoms with E-state index in [1.165, 1.54) is 22.5 Å². The lowest BCUT2D eigenvalue weighted by molar-refractivity contribution is -0.126. The van der Waals surface area contributed by atoms with E-state index < -0.39 is 33.7 Å². The number of hydrogen-bond donors (Lipinski definition) is 3. The Labute approximate surface area is 174 Å². The Morgan fingerprint density at radius 2 is 1.77 bits per heavy atom. The number of nitrogens with one attached hydrogen (secondary N) is 3. The molecule has 2 aromatic rings. The molecule has 10 heteroatoms. The molecule has 0 spiro atoms. The number of para-hydroxylation sites is 1. The number of nitrogens with zero attached hydrogens (tertiary/aromatic N) is 1. The molecule has 0 aromatic heterocycles. The van der Waals surface area contributed by atoms with Crippen LogP contribution in [0.4, 0.5) is 14.9 Å². The van der Waals surface area contributed by atoms with Crippen LogP contribution in [0.25, 0.3) is 0 Å². The van der Waals surface area contributed by atoms with E-state index in [0.717, 1.165) is 5.56 Å². The van der Waals surface area contributed by atoms with Gasteiger partial charge in [-0.1, -0.05) is 29.8 Å². The molecule has 1 saturated heterocycles. The summed E-state index contributed by atoms with van der Waals surface area (Å²) in [6.07, 6.45) is 1.01. The molecule has 0 aliphatic carbocycles. The molecule has 30 heavy (non-hydrogen) atoms. The molecule has 2 aromatic carbocycles. The van der Waals surface area contributed by atoms with Gasteiger partial charge in [0.1, 0.15) is 5.82 Å². The van der Waals surface area contributed by atoms with Crippen molar-refractivity contribution in [2.75, 3.05) is 18.4 Å². The molecule has 1 unspecified atom stereocenters. The van der Waals surface area contributed by atoms with Gasteiger partial charge in [-0.2, -0.15) is 4.31 Å². The molecule has 160 valence electrons. The topological polar surface area (TPSA) is 108 Å². The van der Waals surface area contributed by atoms with Gasteiger partial charge in [0.15, 0.2) is 0 Å². The predicted octanol–water partition coefficient (Wildman–Crippen LogP) is 2.39. The van der Waals surface area contributed by atoms with Crippen LogP contribution in [-0.4, -0.2) is 37.8 Å². The van der Waals surface area contributed by atoms with Crippen LogP contribution in [0.5, 0.6) is 0 Å². The molecule has 0 saturated carbocycles. The highest BCUT2D eigenvalue weighted by molar-refractivity contribution is 7.89. The van der Waals surface area contributed by atoms with Crippen molar-refractivity contribution in [1.29, 1.82) is 0 Å². The van der Waals surface area contributed by atoms with Crippen molar-refractivity contribution >= 4 is 27.6 Å². The number of halogens is 1. The number of carbonyl (C=O) groups excluding carboxylic acids is 2. The van der Waals surface area contributed by atoms with Crippen LogP contribution in [0.2, 0.25) is 0 Å². The number of piperidine rings is 1. The quantitative estimate of drug-likeness (QED) is 0.642. The number of aryl methyl sites for hydroxylation is 1. The summed E-state index contributed by atoms with van der Waals surface area (Å²) >= 11 is 0. The Morgan fingerprint density at radius 1 is 1.07 bits per heavy atom. The molecule has 3 rings (SSSR count). The summed E-state index contributed by atoms with van der Waals surface area (Å²) < 4.78 is 40.5. The van der Waals surface area contributed by atoms with Crippen LogP contribution in [0, 0.1) is 18.7 Å². The van der Waals surface area contributed by atoms with Crippen molar-refractivity contribution in [2.45, 2.75) is 24.7 Å². The lowest BCUT2D eigenvalue weighted by atomic mass is 9.99. The van der Waals surface area contributed by atoms with E-state index in [0.29, 0.717) is 19.4 Å². The third-order valence-electron chi connectivity index (χ3n) is 4.83. The maximum absolute atomic E-state index is 13.6. The zero-order valence-electron chi connectivity index (χ0n) is 16.4. The van der Waals surface area contributed by atoms with Gasteiger partial charge in [-0.25, -0.2) is 23.0 Å². The van der Waals surface area contributed by atoms with Crippen LogP contribution in [-0.2, 0) is 14.8 Å². The second-order valence-electron chi connectivity index (χ2n) is 7.06. The van der Waals surface area contributed by atoms with Crippen LogP contribution in [0.1, 0.15) is 18.4 Å². The van der Waals surface area contributed by atoms with E-state index >= 15 is 0 Å². The molecular formula is C20H23FN4O4S. The predicted molar refractivity (Wildman–Crippen MR) is 109 cm³/mol. The number of hydrogen-bond acceptors (Lipinski definition) is 4. The third-order valence-corrected chi connectivity index (χ3v) is 6.71. The van der Waals surface area contributed by atoms with E-state index in [-0.39, 0.29) is 17.1 Å². The van der Waals surface area contributed by atoms with Gasteiger partial charge in [0.2, 0.25) is 15.9 Å². The van der Waals surface area contributed by atoms with Crippen molar-refractivity contribution in [3.63, 3.8) is 0 Å². The SMILES string of the molecule is Cc1ccc(S(=O)(=O)N2CCCC(C(=O)NNC(=O)Nc3ccccc3F)C2)cc1. The minimum atomic E-state index is -3.71. The second-order valence-corrected chi connectivity index (χ2v) is 9.00. The number of rotatable bonds is 4. The largest absolute Gasteiger partial charge is 0.338 e. The third kappa shape index (κ3) is 5.14. The van der Waals surface area contributed by atoms with Crippen molar-refractivity contribution in [2.24, 2.45) is 5.92 Å². The number of hydrazine groups is 1. The van der Waals surface area contributed by atoms with E-state index in [4.69, 9.17) is 0 Å². The van der Waals surface area contributed by atoms with Crippen LogP contribution in [0.15, 0.2) is 53.4 Å². The number of urea groups is 1. The van der Waals surface area contributed by atoms with E-state index in [1.807, 2.05) is 6.92 Å². The monoisotopic (exact) mass is 434 g/mol. The summed E-state index contributed by atoms with van der Waals surface area (Å²) in [6.45, 7) is 2.20. The molecule has 1 heterocycles. The van der Waals surface area contributed by atoms with E-state index in [1.54, 1.807) is 30.3 Å². The zero-order chi connectivity index (χ0) is 21.7. The highest BCUT2D eigenvalue weighted by Crippen LogP contribution is 2.24. The Bertz CT molecular complexity index is 1030. The lowest BCUT2D eigenvalue weighted by Gasteiger charge is -2.31. The summed E-state index contributed by atoms with van der Waals surface area (Å²) in [5, 5.41) is 2.28. The molecule has 1 aliphatic heterocycles. The first-order valence-electron chi connectivity index (χ1n) is 9.45. The fourth-order valence-electron chi connectivity index (χ4n) is 3.17. The highest BCUT2D eigenvalue weighted by atomic mass is 32.2. The highest BCUT2D eigenvalue weighted by Gasteiger charge is 2.33. The van der Waals surface area contributed by atoms with Gasteiger partial charge in [-0.3, -0.25) is 10.2 Å². The van der Waals surface area contributed by atoms with Crippen molar-refractivity contribution < 1.29 is 22.4 Å². The van der Waals surface area contributed by atoms with Gasteiger partial charge in [0.25, 0.3) is 0 Å². The minimum Gasteiger partial charge on any atom is -0.304 e. The summed E-state index contributed by atoms with van der Waals surface area (Å²) in [5.74, 6) is -1.74. The molecule has 0 radical (unpaired) electrons. The fourth-order valence-corrected chi connectivity index (χ4v) is 4.69. The van der Waals surface area contributed by atoms with Gasteiger partial charge in [-0.05, 0) is 44.0 Å². The Kier molecular flexibility index (Phi) is 6.68. The standard InChI is InChI=1S/C20H23FN4O4S/c1-14-8-10-16(11-9-14)30(28,29)25-12-4-5-15(13-25)19(26)23-24-20(27)22-18-7-3-2-6-17(18)21/h2-3,6-11,15H,4-5,12-13H2,1H3,(H,23,26)(H2,22,24,27). The first-order chi connectivity index (χ1) is 14.3. The fraction of sp³-hybridized carbons (Fsp3) is 0.300. The molecule has 0 bridgehead atoms. The van der Waals surface area contributed by atoms with Gasteiger partial charge >= 0.3 is 6.03 Å². The Balaban J connectivity index is 1.57. The molecular weight excluding hydrogens is 411 g/mol. The lowest BCUT2D eigenvalue weighted by Crippen LogP contribution is -2.50. The molecule has 1 fully saturated rings. The van der Waals surface area contributed by atoms with Gasteiger partial charge < -0.3 is 5.32 Å². The maximum atomic E-state index is 13.6. The smallest absolute Gasteiger partial charge is 0.304 e. The average molecular weight is 434 g/mol. The first-order valence-corrected chi connectivity index (χ1v) is 10.9. The summed E-state index contributed by atoms with van der Waals surface area (Å²) in [7, 11) is -3.71. The number of carbonyl (C=O) groups is 2. The van der Waals surface area contributed by atoms with Crippen LogP contribution >= 0.6 is 0 Å². The summed E-state index contributed by atoms with van der Waals surface area (Å²) in [4.78, 5) is 24.5. The Hall–Kier alpha value is -2.98. The van der Waals surface area contributed by atoms with Crippen molar-refractivity contribution in [3.8, 4) is 0 Å². The van der Waals surface area contributed by atoms with Crippen molar-refractivity contribution in [1.82, 2.24) is 15.2 Å². The number of sulfonamides is 1. The van der Waals surface area contributed by atoms with E-state index in [9.17, 15) is 22.4 Å². The first kappa shape index (κ1) is 21.7. The van der Waals surface area contributed by atoms with Gasteiger partial charge in [0.05, 0.1) is 16.5 Å². The molecule has 3 amide bonds. The summed E-state index contributed by atoms with van der Waals surface area (Å²) in [5.41, 5.74) is 5.35. The Morgan fingerprint density at radius 3 is 2.47 bits per heavy atom.